The molecule has 140 valence electrons. The summed E-state index contributed by atoms with van der Waals surface area (Å²) >= 11 is 0. The number of amides is 1. The van der Waals surface area contributed by atoms with Crippen LogP contribution in [-0.2, 0) is 6.54 Å². The number of hydrogen-bond donors (Lipinski definition) is 1. The summed E-state index contributed by atoms with van der Waals surface area (Å²) in [5.41, 5.74) is 1.16. The molecule has 0 saturated heterocycles. The van der Waals surface area contributed by atoms with E-state index in [-0.39, 0.29) is 23.8 Å². The van der Waals surface area contributed by atoms with Crippen molar-refractivity contribution in [3.8, 4) is 5.75 Å². The lowest BCUT2D eigenvalue weighted by Gasteiger charge is -2.12. The summed E-state index contributed by atoms with van der Waals surface area (Å²) in [4.78, 5) is 23.9. The standard InChI is InChI=1S/C18H19F3N2O3/c1-11-7-15(12(2)23(11)10-18(19,20)21)16(24)9-26-14-6-4-5-13(8-14)17(25)22-3/h4-8H,9-10H2,1-3H3,(H,22,25). The zero-order valence-corrected chi connectivity index (χ0v) is 14.6. The highest BCUT2D eigenvalue weighted by Gasteiger charge is 2.30. The third-order valence-corrected chi connectivity index (χ3v) is 3.90. The van der Waals surface area contributed by atoms with Crippen molar-refractivity contribution >= 4 is 11.7 Å². The van der Waals surface area contributed by atoms with E-state index in [2.05, 4.69) is 5.32 Å². The van der Waals surface area contributed by atoms with Gasteiger partial charge in [-0.25, -0.2) is 0 Å². The first kappa shape index (κ1) is 19.6. The maximum atomic E-state index is 12.7. The molecule has 0 bridgehead atoms. The number of Topliss-reactive ketones (excluding diaryl/α,β-unsaturated/α-hetero) is 1. The molecule has 1 amide bonds. The Hall–Kier alpha value is -2.77. The minimum absolute atomic E-state index is 0.189. The van der Waals surface area contributed by atoms with E-state index in [9.17, 15) is 22.8 Å². The van der Waals surface area contributed by atoms with Gasteiger partial charge in [-0.2, -0.15) is 13.2 Å². The van der Waals surface area contributed by atoms with Crippen molar-refractivity contribution in [1.82, 2.24) is 9.88 Å². The van der Waals surface area contributed by atoms with E-state index in [4.69, 9.17) is 4.74 Å². The number of halogens is 3. The topological polar surface area (TPSA) is 60.3 Å². The van der Waals surface area contributed by atoms with Gasteiger partial charge in [-0.05, 0) is 38.1 Å². The van der Waals surface area contributed by atoms with Crippen molar-refractivity contribution in [1.29, 1.82) is 0 Å². The molecular weight excluding hydrogens is 349 g/mol. The normalized spacial score (nSPS) is 11.3. The van der Waals surface area contributed by atoms with Crippen molar-refractivity contribution in [3.05, 3.63) is 52.8 Å². The van der Waals surface area contributed by atoms with Gasteiger partial charge < -0.3 is 14.6 Å². The first-order valence-electron chi connectivity index (χ1n) is 7.84. The Balaban J connectivity index is 2.12. The summed E-state index contributed by atoms with van der Waals surface area (Å²) in [6.45, 7) is 1.50. The van der Waals surface area contributed by atoms with Gasteiger partial charge >= 0.3 is 6.18 Å². The summed E-state index contributed by atoms with van der Waals surface area (Å²) < 4.78 is 44.4. The van der Waals surface area contributed by atoms with Gasteiger partial charge in [0.1, 0.15) is 12.3 Å². The van der Waals surface area contributed by atoms with Crippen molar-refractivity contribution in [2.75, 3.05) is 13.7 Å². The van der Waals surface area contributed by atoms with Gasteiger partial charge in [0.2, 0.25) is 5.78 Å². The third kappa shape index (κ3) is 4.65. The Labute approximate surface area is 148 Å². The number of carbonyl (C=O) groups excluding carboxylic acids is 2. The summed E-state index contributed by atoms with van der Waals surface area (Å²) in [6, 6.07) is 7.71. The molecule has 2 aromatic rings. The van der Waals surface area contributed by atoms with Gasteiger partial charge in [0.15, 0.2) is 6.61 Å². The molecular formula is C18H19F3N2O3. The van der Waals surface area contributed by atoms with E-state index in [1.807, 2.05) is 0 Å². The SMILES string of the molecule is CNC(=O)c1cccc(OCC(=O)c2cc(C)n(CC(F)(F)F)c2C)c1. The van der Waals surface area contributed by atoms with Crippen molar-refractivity contribution in [2.24, 2.45) is 0 Å². The lowest BCUT2D eigenvalue weighted by molar-refractivity contribution is -0.141. The van der Waals surface area contributed by atoms with Crippen LogP contribution in [0.25, 0.3) is 0 Å². The Morgan fingerprint density at radius 1 is 1.19 bits per heavy atom. The number of carbonyl (C=O) groups is 2. The summed E-state index contributed by atoms with van der Waals surface area (Å²) in [6.07, 6.45) is -4.37. The second-order valence-electron chi connectivity index (χ2n) is 5.80. The van der Waals surface area contributed by atoms with Crippen LogP contribution in [0.5, 0.6) is 5.75 Å². The van der Waals surface area contributed by atoms with Crippen LogP contribution < -0.4 is 10.1 Å². The molecule has 0 saturated carbocycles. The molecule has 0 fully saturated rings. The van der Waals surface area contributed by atoms with E-state index in [0.717, 1.165) is 4.57 Å². The molecule has 1 aromatic heterocycles. The van der Waals surface area contributed by atoms with Crippen LogP contribution in [0.2, 0.25) is 0 Å². The van der Waals surface area contributed by atoms with Crippen LogP contribution in [0.3, 0.4) is 0 Å². The molecule has 0 aliphatic rings. The molecule has 0 atom stereocenters. The highest BCUT2D eigenvalue weighted by Crippen LogP contribution is 2.23. The van der Waals surface area contributed by atoms with Crippen LogP contribution in [0.15, 0.2) is 30.3 Å². The number of aromatic nitrogens is 1. The Kier molecular flexibility index (Phi) is 5.74. The molecule has 0 radical (unpaired) electrons. The molecule has 0 unspecified atom stereocenters. The fourth-order valence-corrected chi connectivity index (χ4v) is 2.60. The highest BCUT2D eigenvalue weighted by molar-refractivity contribution is 5.98. The van der Waals surface area contributed by atoms with Crippen LogP contribution in [-0.4, -0.2) is 36.1 Å². The monoisotopic (exact) mass is 368 g/mol. The number of nitrogens with one attached hydrogen (secondary N) is 1. The largest absolute Gasteiger partial charge is 0.485 e. The van der Waals surface area contributed by atoms with E-state index in [0.29, 0.717) is 17.0 Å². The molecule has 5 nitrogen and oxygen atoms in total. The molecule has 1 aromatic carbocycles. The van der Waals surface area contributed by atoms with Gasteiger partial charge in [-0.15, -0.1) is 0 Å². The molecule has 26 heavy (non-hydrogen) atoms. The van der Waals surface area contributed by atoms with Gasteiger partial charge in [0.05, 0.1) is 0 Å². The first-order valence-corrected chi connectivity index (χ1v) is 7.84. The Bertz CT molecular complexity index is 826. The molecule has 8 heteroatoms. The van der Waals surface area contributed by atoms with E-state index in [1.165, 1.54) is 33.0 Å². The van der Waals surface area contributed by atoms with E-state index >= 15 is 0 Å². The van der Waals surface area contributed by atoms with Crippen LogP contribution in [0.4, 0.5) is 13.2 Å². The van der Waals surface area contributed by atoms with Crippen molar-refractivity contribution in [3.63, 3.8) is 0 Å². The zero-order chi connectivity index (χ0) is 19.5. The Morgan fingerprint density at radius 3 is 2.50 bits per heavy atom. The van der Waals surface area contributed by atoms with Gasteiger partial charge in [-0.3, -0.25) is 9.59 Å². The highest BCUT2D eigenvalue weighted by atomic mass is 19.4. The smallest absolute Gasteiger partial charge is 0.406 e. The summed E-state index contributed by atoms with van der Waals surface area (Å²) in [5, 5.41) is 2.48. The molecule has 0 aliphatic carbocycles. The predicted molar refractivity (Wildman–Crippen MR) is 89.6 cm³/mol. The van der Waals surface area contributed by atoms with E-state index < -0.39 is 18.5 Å². The van der Waals surface area contributed by atoms with Crippen LogP contribution in [0, 0.1) is 13.8 Å². The summed E-state index contributed by atoms with van der Waals surface area (Å²) in [7, 11) is 1.50. The molecule has 1 N–H and O–H groups in total. The second kappa shape index (κ2) is 7.63. The number of hydrogen-bond acceptors (Lipinski definition) is 3. The Morgan fingerprint density at radius 2 is 1.88 bits per heavy atom. The van der Waals surface area contributed by atoms with Gasteiger partial charge in [0.25, 0.3) is 5.91 Å². The average molecular weight is 368 g/mol. The van der Waals surface area contributed by atoms with Crippen molar-refractivity contribution < 1.29 is 27.5 Å². The fraction of sp³-hybridized carbons (Fsp3) is 0.333. The number of ketones is 1. The number of benzene rings is 1. The van der Waals surface area contributed by atoms with Crippen molar-refractivity contribution in [2.45, 2.75) is 26.6 Å². The zero-order valence-electron chi connectivity index (χ0n) is 14.6. The number of nitrogens with zero attached hydrogens (tertiary/aromatic N) is 1. The third-order valence-electron chi connectivity index (χ3n) is 3.90. The number of alkyl halides is 3. The van der Waals surface area contributed by atoms with E-state index in [1.54, 1.807) is 18.2 Å². The maximum Gasteiger partial charge on any atom is 0.406 e. The average Bonchev–Trinajstić information content (AvgIpc) is 2.86. The first-order chi connectivity index (χ1) is 12.1. The minimum atomic E-state index is -4.37. The quantitative estimate of drug-likeness (QED) is 0.796. The molecule has 0 spiro atoms. The van der Waals surface area contributed by atoms with Gasteiger partial charge in [-0.1, -0.05) is 6.07 Å². The van der Waals surface area contributed by atoms with Crippen LogP contribution >= 0.6 is 0 Å². The number of aryl methyl sites for hydroxylation is 1. The summed E-state index contributed by atoms with van der Waals surface area (Å²) in [5.74, 6) is -0.405. The maximum absolute atomic E-state index is 12.7. The predicted octanol–water partition coefficient (Wildman–Crippen LogP) is 3.29. The fourth-order valence-electron chi connectivity index (χ4n) is 2.60. The second-order valence-corrected chi connectivity index (χ2v) is 5.80. The minimum Gasteiger partial charge on any atom is -0.485 e. The lowest BCUT2D eigenvalue weighted by Crippen LogP contribution is -2.20. The molecule has 0 aliphatic heterocycles. The number of rotatable bonds is 6. The van der Waals surface area contributed by atoms with Gasteiger partial charge in [0, 0.05) is 29.6 Å². The molecule has 2 rings (SSSR count). The lowest BCUT2D eigenvalue weighted by atomic mass is 10.1. The van der Waals surface area contributed by atoms with Crippen LogP contribution in [0.1, 0.15) is 32.1 Å². The number of ether oxygens (including phenoxy) is 1. The molecule has 1 heterocycles.